The molecule has 0 fully saturated rings. The van der Waals surface area contributed by atoms with E-state index in [1.165, 1.54) is 4.68 Å². The number of carbonyl (C=O) groups is 2. The summed E-state index contributed by atoms with van der Waals surface area (Å²) in [6, 6.07) is 6.77. The van der Waals surface area contributed by atoms with Gasteiger partial charge in [0.2, 0.25) is 0 Å². The molecule has 122 valence electrons. The minimum atomic E-state index is -0.875. The molecule has 1 heterocycles. The average molecular weight is 318 g/mol. The molecule has 23 heavy (non-hydrogen) atoms. The number of tetrazole rings is 1. The molecular weight excluding hydrogens is 300 g/mol. The lowest BCUT2D eigenvalue weighted by Crippen LogP contribution is -2.50. The SMILES string of the molecule is Cc1nnnn1-c1cccc(NC(=O)C(=O)NC(C)(C)CO)c1. The van der Waals surface area contributed by atoms with Crippen LogP contribution in [0.2, 0.25) is 0 Å². The number of amides is 2. The lowest BCUT2D eigenvalue weighted by molar-refractivity contribution is -0.137. The molecule has 0 aliphatic heterocycles. The molecule has 0 aliphatic rings. The Hall–Kier alpha value is -2.81. The molecule has 1 aromatic heterocycles. The van der Waals surface area contributed by atoms with Gasteiger partial charge in [0.15, 0.2) is 5.82 Å². The summed E-state index contributed by atoms with van der Waals surface area (Å²) in [5.74, 6) is -1.05. The van der Waals surface area contributed by atoms with Gasteiger partial charge in [-0.2, -0.15) is 4.68 Å². The lowest BCUT2D eigenvalue weighted by Gasteiger charge is -2.22. The molecule has 2 rings (SSSR count). The zero-order chi connectivity index (χ0) is 17.0. The quantitative estimate of drug-likeness (QED) is 0.671. The number of aromatic nitrogens is 4. The summed E-state index contributed by atoms with van der Waals surface area (Å²) in [5.41, 5.74) is 0.209. The van der Waals surface area contributed by atoms with E-state index in [1.807, 2.05) is 0 Å². The maximum absolute atomic E-state index is 11.9. The van der Waals surface area contributed by atoms with Crippen molar-refractivity contribution in [2.75, 3.05) is 11.9 Å². The average Bonchev–Trinajstić information content (AvgIpc) is 2.93. The number of hydrogen-bond donors (Lipinski definition) is 3. The Morgan fingerprint density at radius 1 is 1.30 bits per heavy atom. The van der Waals surface area contributed by atoms with Gasteiger partial charge in [0.25, 0.3) is 0 Å². The van der Waals surface area contributed by atoms with Crippen LogP contribution in [0, 0.1) is 6.92 Å². The molecule has 2 amide bonds. The van der Waals surface area contributed by atoms with Crippen LogP contribution in [0.5, 0.6) is 0 Å². The van der Waals surface area contributed by atoms with E-state index in [0.717, 1.165) is 0 Å². The molecule has 0 saturated heterocycles. The van der Waals surface area contributed by atoms with Crippen LogP contribution in [-0.4, -0.2) is 49.3 Å². The first-order valence-electron chi connectivity index (χ1n) is 6.92. The maximum Gasteiger partial charge on any atom is 0.313 e. The molecule has 0 aliphatic carbocycles. The van der Waals surface area contributed by atoms with E-state index in [0.29, 0.717) is 17.2 Å². The van der Waals surface area contributed by atoms with Crippen molar-refractivity contribution < 1.29 is 14.7 Å². The van der Waals surface area contributed by atoms with Crippen LogP contribution in [0.15, 0.2) is 24.3 Å². The molecule has 0 saturated carbocycles. The van der Waals surface area contributed by atoms with Gasteiger partial charge in [-0.15, -0.1) is 5.10 Å². The van der Waals surface area contributed by atoms with Crippen LogP contribution in [0.3, 0.4) is 0 Å². The summed E-state index contributed by atoms with van der Waals surface area (Å²) >= 11 is 0. The number of nitrogens with one attached hydrogen (secondary N) is 2. The predicted octanol–water partition coefficient (Wildman–Crippen LogP) is -0.204. The van der Waals surface area contributed by atoms with Crippen molar-refractivity contribution in [1.82, 2.24) is 25.5 Å². The van der Waals surface area contributed by atoms with Crippen LogP contribution in [-0.2, 0) is 9.59 Å². The predicted molar refractivity (Wildman–Crippen MR) is 81.8 cm³/mol. The molecule has 9 nitrogen and oxygen atoms in total. The van der Waals surface area contributed by atoms with Gasteiger partial charge in [0, 0.05) is 5.69 Å². The standard InChI is InChI=1S/C14H18N6O3/c1-9-17-18-19-20(9)11-6-4-5-10(7-11)15-12(22)13(23)16-14(2,3)8-21/h4-7,21H,8H2,1-3H3,(H,15,22)(H,16,23). The summed E-state index contributed by atoms with van der Waals surface area (Å²) in [6.07, 6.45) is 0. The Balaban J connectivity index is 2.10. The van der Waals surface area contributed by atoms with Gasteiger partial charge in [-0.3, -0.25) is 9.59 Å². The van der Waals surface area contributed by atoms with Crippen LogP contribution >= 0.6 is 0 Å². The van der Waals surface area contributed by atoms with Crippen LogP contribution in [0.25, 0.3) is 5.69 Å². The number of hydrogen-bond acceptors (Lipinski definition) is 6. The second-order valence-electron chi connectivity index (χ2n) is 5.64. The minimum Gasteiger partial charge on any atom is -0.394 e. The van der Waals surface area contributed by atoms with E-state index in [2.05, 4.69) is 26.2 Å². The van der Waals surface area contributed by atoms with Crippen molar-refractivity contribution in [2.45, 2.75) is 26.3 Å². The first-order valence-corrected chi connectivity index (χ1v) is 6.92. The zero-order valence-electron chi connectivity index (χ0n) is 13.1. The van der Waals surface area contributed by atoms with Crippen LogP contribution in [0.4, 0.5) is 5.69 Å². The van der Waals surface area contributed by atoms with Gasteiger partial charge >= 0.3 is 11.8 Å². The molecule has 0 unspecified atom stereocenters. The maximum atomic E-state index is 11.9. The second kappa shape index (κ2) is 6.53. The molecular formula is C14H18N6O3. The van der Waals surface area contributed by atoms with Crippen molar-refractivity contribution in [3.05, 3.63) is 30.1 Å². The highest BCUT2D eigenvalue weighted by Crippen LogP contribution is 2.14. The highest BCUT2D eigenvalue weighted by molar-refractivity contribution is 6.39. The van der Waals surface area contributed by atoms with E-state index >= 15 is 0 Å². The smallest absolute Gasteiger partial charge is 0.313 e. The van der Waals surface area contributed by atoms with Gasteiger partial charge < -0.3 is 15.7 Å². The fraction of sp³-hybridized carbons (Fsp3) is 0.357. The van der Waals surface area contributed by atoms with Crippen molar-refractivity contribution in [3.8, 4) is 5.69 Å². The molecule has 0 radical (unpaired) electrons. The Bertz CT molecular complexity index is 725. The molecule has 0 spiro atoms. The Morgan fingerprint density at radius 2 is 2.04 bits per heavy atom. The fourth-order valence-electron chi connectivity index (χ4n) is 1.78. The monoisotopic (exact) mass is 318 g/mol. The number of anilines is 1. The number of aliphatic hydroxyl groups excluding tert-OH is 1. The normalized spacial score (nSPS) is 11.1. The summed E-state index contributed by atoms with van der Waals surface area (Å²) in [4.78, 5) is 23.7. The Kier molecular flexibility index (Phi) is 4.70. The van der Waals surface area contributed by atoms with E-state index < -0.39 is 17.4 Å². The number of aryl methyl sites for hydroxylation is 1. The second-order valence-corrected chi connectivity index (χ2v) is 5.64. The molecule has 9 heteroatoms. The third-order valence-corrected chi connectivity index (χ3v) is 3.03. The first kappa shape index (κ1) is 16.6. The van der Waals surface area contributed by atoms with Gasteiger partial charge in [0.05, 0.1) is 17.8 Å². The number of benzene rings is 1. The summed E-state index contributed by atoms with van der Waals surface area (Å²) < 4.78 is 1.50. The molecule has 3 N–H and O–H groups in total. The number of aliphatic hydroxyl groups is 1. The third-order valence-electron chi connectivity index (χ3n) is 3.03. The molecule has 1 aromatic carbocycles. The van der Waals surface area contributed by atoms with Gasteiger partial charge in [0.1, 0.15) is 0 Å². The topological polar surface area (TPSA) is 122 Å². The van der Waals surface area contributed by atoms with Gasteiger partial charge in [-0.05, 0) is 49.4 Å². The van der Waals surface area contributed by atoms with E-state index in [1.54, 1.807) is 45.0 Å². The van der Waals surface area contributed by atoms with Crippen molar-refractivity contribution in [1.29, 1.82) is 0 Å². The highest BCUT2D eigenvalue weighted by Gasteiger charge is 2.23. The van der Waals surface area contributed by atoms with E-state index in [4.69, 9.17) is 5.11 Å². The Labute approximate surface area is 132 Å². The molecule has 0 bridgehead atoms. The van der Waals surface area contributed by atoms with E-state index in [9.17, 15) is 9.59 Å². The third kappa shape index (κ3) is 4.10. The summed E-state index contributed by atoms with van der Waals surface area (Å²) in [6.45, 7) is 4.69. The summed E-state index contributed by atoms with van der Waals surface area (Å²) in [5, 5.41) is 25.2. The van der Waals surface area contributed by atoms with Crippen LogP contribution < -0.4 is 10.6 Å². The molecule has 2 aromatic rings. The van der Waals surface area contributed by atoms with E-state index in [-0.39, 0.29) is 6.61 Å². The summed E-state index contributed by atoms with van der Waals surface area (Å²) in [7, 11) is 0. The number of carbonyl (C=O) groups excluding carboxylic acids is 2. The number of rotatable bonds is 4. The van der Waals surface area contributed by atoms with Crippen LogP contribution in [0.1, 0.15) is 19.7 Å². The van der Waals surface area contributed by atoms with Gasteiger partial charge in [-0.25, -0.2) is 0 Å². The van der Waals surface area contributed by atoms with Crippen molar-refractivity contribution in [2.24, 2.45) is 0 Å². The van der Waals surface area contributed by atoms with Gasteiger partial charge in [-0.1, -0.05) is 6.07 Å². The number of nitrogens with zero attached hydrogens (tertiary/aromatic N) is 4. The fourth-order valence-corrected chi connectivity index (χ4v) is 1.78. The highest BCUT2D eigenvalue weighted by atomic mass is 16.3. The minimum absolute atomic E-state index is 0.278. The first-order chi connectivity index (χ1) is 10.8. The van der Waals surface area contributed by atoms with Crippen molar-refractivity contribution in [3.63, 3.8) is 0 Å². The van der Waals surface area contributed by atoms with Crippen molar-refractivity contribution >= 4 is 17.5 Å². The lowest BCUT2D eigenvalue weighted by atomic mass is 10.1. The molecule has 0 atom stereocenters. The largest absolute Gasteiger partial charge is 0.394 e. The zero-order valence-corrected chi connectivity index (χ0v) is 13.1. The Morgan fingerprint density at radius 3 is 2.65 bits per heavy atom.